The number of alkyl halides is 3. The van der Waals surface area contributed by atoms with Gasteiger partial charge in [-0.15, -0.1) is 0 Å². The topological polar surface area (TPSA) is 34.1 Å². The third-order valence-electron chi connectivity index (χ3n) is 4.77. The summed E-state index contributed by atoms with van der Waals surface area (Å²) in [7, 11) is 1.54. The summed E-state index contributed by atoms with van der Waals surface area (Å²) >= 11 is 0. The maximum absolute atomic E-state index is 14.3. The highest BCUT2D eigenvalue weighted by Gasteiger charge is 2.38. The van der Waals surface area contributed by atoms with Gasteiger partial charge >= 0.3 is 6.18 Å². The van der Waals surface area contributed by atoms with Crippen molar-refractivity contribution in [3.05, 3.63) is 96.6 Å². The zero-order valence-electron chi connectivity index (χ0n) is 16.6. The molecule has 0 amide bonds. The highest BCUT2D eigenvalue weighted by molar-refractivity contribution is 5.80. The predicted octanol–water partition coefficient (Wildman–Crippen LogP) is 7.19. The molecule has 0 aliphatic carbocycles. The Morgan fingerprint density at radius 1 is 0.774 bits per heavy atom. The Hall–Kier alpha value is -3.80. The Labute approximate surface area is 178 Å². The summed E-state index contributed by atoms with van der Waals surface area (Å²) in [4.78, 5) is 4.44. The molecule has 0 aliphatic heterocycles. The predicted molar refractivity (Wildman–Crippen MR) is 116 cm³/mol. The molecular weight excluding hydrogens is 401 g/mol. The Morgan fingerprint density at radius 3 is 2.06 bits per heavy atom. The molecule has 0 fully saturated rings. The molecule has 3 aromatic carbocycles. The molecule has 0 bridgehead atoms. The largest absolute Gasteiger partial charge is 0.497 e. The fraction of sp³-hybridized carbons (Fsp3) is 0.0800. The van der Waals surface area contributed by atoms with E-state index in [2.05, 4.69) is 10.3 Å². The number of nitrogens with zero attached hydrogens (tertiary/aromatic N) is 1. The van der Waals surface area contributed by atoms with Gasteiger partial charge < -0.3 is 10.1 Å². The highest BCUT2D eigenvalue weighted by atomic mass is 19.4. The first-order chi connectivity index (χ1) is 15.0. The highest BCUT2D eigenvalue weighted by Crippen LogP contribution is 2.43. The third kappa shape index (κ3) is 4.53. The molecule has 31 heavy (non-hydrogen) atoms. The monoisotopic (exact) mass is 420 g/mol. The van der Waals surface area contributed by atoms with Crippen LogP contribution in [-0.4, -0.2) is 12.1 Å². The minimum atomic E-state index is -4.61. The van der Waals surface area contributed by atoms with Crippen LogP contribution in [0.15, 0.2) is 91.0 Å². The van der Waals surface area contributed by atoms with Crippen molar-refractivity contribution >= 4 is 11.4 Å². The lowest BCUT2D eigenvalue weighted by Gasteiger charge is -2.20. The van der Waals surface area contributed by atoms with Gasteiger partial charge in [0.1, 0.15) is 11.3 Å². The molecule has 1 heterocycles. The smallest absolute Gasteiger partial charge is 0.420 e. The van der Waals surface area contributed by atoms with Crippen LogP contribution in [0.2, 0.25) is 0 Å². The standard InChI is InChI=1S/C25H19F3N2O/c1-31-20-14-8-11-18(15-20)21-16-22(29-19-12-6-3-7-13-19)23(25(26,27)28)24(30-21)17-9-4-2-5-10-17/h2-16H,1H3,(H,29,30). The lowest BCUT2D eigenvalue weighted by atomic mass is 10.0. The second-order valence-electron chi connectivity index (χ2n) is 6.87. The van der Waals surface area contributed by atoms with E-state index >= 15 is 0 Å². The van der Waals surface area contributed by atoms with Crippen molar-refractivity contribution in [3.63, 3.8) is 0 Å². The van der Waals surface area contributed by atoms with E-state index in [-0.39, 0.29) is 11.4 Å². The van der Waals surface area contributed by atoms with Gasteiger partial charge in [-0.25, -0.2) is 4.98 Å². The molecule has 0 spiro atoms. The van der Waals surface area contributed by atoms with E-state index in [4.69, 9.17) is 4.74 Å². The van der Waals surface area contributed by atoms with Crippen LogP contribution in [0.1, 0.15) is 5.56 Å². The molecule has 3 nitrogen and oxygen atoms in total. The summed E-state index contributed by atoms with van der Waals surface area (Å²) in [6.45, 7) is 0. The fourth-order valence-electron chi connectivity index (χ4n) is 3.34. The second-order valence-corrected chi connectivity index (χ2v) is 6.87. The number of para-hydroxylation sites is 1. The molecule has 0 radical (unpaired) electrons. The minimum Gasteiger partial charge on any atom is -0.497 e. The average molecular weight is 420 g/mol. The molecule has 6 heteroatoms. The number of methoxy groups -OCH3 is 1. The lowest BCUT2D eigenvalue weighted by molar-refractivity contribution is -0.136. The van der Waals surface area contributed by atoms with Crippen LogP contribution in [0.4, 0.5) is 24.5 Å². The van der Waals surface area contributed by atoms with Crippen LogP contribution < -0.4 is 10.1 Å². The molecule has 0 saturated carbocycles. The SMILES string of the molecule is COc1cccc(-c2cc(Nc3ccccc3)c(C(F)(F)F)c(-c3ccccc3)n2)c1. The molecule has 1 N–H and O–H groups in total. The maximum atomic E-state index is 14.3. The number of anilines is 2. The van der Waals surface area contributed by atoms with Crippen molar-refractivity contribution in [1.82, 2.24) is 4.98 Å². The van der Waals surface area contributed by atoms with E-state index < -0.39 is 11.7 Å². The van der Waals surface area contributed by atoms with E-state index in [1.807, 2.05) is 0 Å². The first-order valence-corrected chi connectivity index (χ1v) is 9.60. The van der Waals surface area contributed by atoms with E-state index in [1.165, 1.54) is 13.2 Å². The summed E-state index contributed by atoms with van der Waals surface area (Å²) in [5, 5.41) is 2.94. The van der Waals surface area contributed by atoms with Gasteiger partial charge in [0.2, 0.25) is 0 Å². The van der Waals surface area contributed by atoms with Crippen molar-refractivity contribution in [2.75, 3.05) is 12.4 Å². The molecule has 4 rings (SSSR count). The number of nitrogens with one attached hydrogen (secondary N) is 1. The minimum absolute atomic E-state index is 0.0645. The average Bonchev–Trinajstić information content (AvgIpc) is 2.79. The fourth-order valence-corrected chi connectivity index (χ4v) is 3.34. The van der Waals surface area contributed by atoms with Gasteiger partial charge in [0.05, 0.1) is 24.2 Å². The van der Waals surface area contributed by atoms with Gasteiger partial charge in [-0.05, 0) is 30.3 Å². The van der Waals surface area contributed by atoms with Crippen molar-refractivity contribution in [3.8, 4) is 28.3 Å². The second kappa shape index (κ2) is 8.52. The molecular formula is C25H19F3N2O. The molecule has 0 atom stereocenters. The number of hydrogen-bond acceptors (Lipinski definition) is 3. The van der Waals surface area contributed by atoms with Crippen molar-refractivity contribution < 1.29 is 17.9 Å². The normalized spacial score (nSPS) is 11.2. The number of pyridine rings is 1. The van der Waals surface area contributed by atoms with Gasteiger partial charge in [0, 0.05) is 16.8 Å². The molecule has 0 aliphatic rings. The molecule has 1 aromatic heterocycles. The summed E-state index contributed by atoms with van der Waals surface area (Å²) in [6, 6.07) is 25.7. The quantitative estimate of drug-likeness (QED) is 0.371. The van der Waals surface area contributed by atoms with Gasteiger partial charge in [-0.3, -0.25) is 0 Å². The lowest BCUT2D eigenvalue weighted by Crippen LogP contribution is -2.13. The number of aromatic nitrogens is 1. The summed E-state index contributed by atoms with van der Waals surface area (Å²) in [5.41, 5.74) is 0.988. The van der Waals surface area contributed by atoms with E-state index in [0.717, 1.165) is 0 Å². The molecule has 0 unspecified atom stereocenters. The van der Waals surface area contributed by atoms with Crippen LogP contribution in [0, 0.1) is 0 Å². The van der Waals surface area contributed by atoms with Crippen molar-refractivity contribution in [1.29, 1.82) is 0 Å². The summed E-state index contributed by atoms with van der Waals surface area (Å²) in [6.07, 6.45) is -4.61. The van der Waals surface area contributed by atoms with Crippen molar-refractivity contribution in [2.24, 2.45) is 0 Å². The maximum Gasteiger partial charge on any atom is 0.420 e. The van der Waals surface area contributed by atoms with E-state index in [1.54, 1.807) is 84.9 Å². The molecule has 156 valence electrons. The Bertz CT molecular complexity index is 1180. The van der Waals surface area contributed by atoms with Gasteiger partial charge in [0.25, 0.3) is 0 Å². The van der Waals surface area contributed by atoms with Gasteiger partial charge in [-0.2, -0.15) is 13.2 Å². The summed E-state index contributed by atoms with van der Waals surface area (Å²) < 4.78 is 48.0. The summed E-state index contributed by atoms with van der Waals surface area (Å²) in [5.74, 6) is 0.595. The van der Waals surface area contributed by atoms with Crippen LogP contribution in [0.5, 0.6) is 5.75 Å². The van der Waals surface area contributed by atoms with E-state index in [9.17, 15) is 13.2 Å². The number of benzene rings is 3. The van der Waals surface area contributed by atoms with Gasteiger partial charge in [-0.1, -0.05) is 60.7 Å². The van der Waals surface area contributed by atoms with Crippen LogP contribution in [-0.2, 0) is 6.18 Å². The first-order valence-electron chi connectivity index (χ1n) is 9.60. The number of rotatable bonds is 5. The first kappa shape index (κ1) is 20.5. The number of ether oxygens (including phenoxy) is 1. The number of hydrogen-bond donors (Lipinski definition) is 1. The molecule has 4 aromatic rings. The van der Waals surface area contributed by atoms with E-state index in [0.29, 0.717) is 28.3 Å². The zero-order chi connectivity index (χ0) is 21.8. The van der Waals surface area contributed by atoms with Crippen LogP contribution >= 0.6 is 0 Å². The van der Waals surface area contributed by atoms with Gasteiger partial charge in [0.15, 0.2) is 0 Å². The molecule has 0 saturated heterocycles. The number of halogens is 3. The Morgan fingerprint density at radius 2 is 1.42 bits per heavy atom. The zero-order valence-corrected chi connectivity index (χ0v) is 16.6. The Kier molecular flexibility index (Phi) is 5.62. The Balaban J connectivity index is 1.98. The third-order valence-corrected chi connectivity index (χ3v) is 4.77. The van der Waals surface area contributed by atoms with Crippen molar-refractivity contribution in [2.45, 2.75) is 6.18 Å². The van der Waals surface area contributed by atoms with Crippen LogP contribution in [0.25, 0.3) is 22.5 Å². The van der Waals surface area contributed by atoms with Crippen LogP contribution in [0.3, 0.4) is 0 Å².